The van der Waals surface area contributed by atoms with Crippen LogP contribution in [-0.4, -0.2) is 25.2 Å². The Morgan fingerprint density at radius 3 is 1.82 bits per heavy atom. The third-order valence-electron chi connectivity index (χ3n) is 5.31. The number of esters is 2. The van der Waals surface area contributed by atoms with Gasteiger partial charge < -0.3 is 15.2 Å². The predicted molar refractivity (Wildman–Crippen MR) is 127 cm³/mol. The van der Waals surface area contributed by atoms with E-state index in [9.17, 15) is 18.0 Å². The van der Waals surface area contributed by atoms with Crippen LogP contribution in [0, 0.1) is 6.92 Å². The second kappa shape index (κ2) is 11.1. The number of nitrogens with two attached hydrogens (primary N) is 1. The molecule has 0 saturated heterocycles. The molecule has 0 amide bonds. The van der Waals surface area contributed by atoms with Crippen molar-refractivity contribution in [3.8, 4) is 0 Å². The summed E-state index contributed by atoms with van der Waals surface area (Å²) in [6.45, 7) is 1.68. The minimum Gasteiger partial charge on any atom is -0.461 e. The van der Waals surface area contributed by atoms with Crippen LogP contribution in [0.25, 0.3) is 0 Å². The summed E-state index contributed by atoms with van der Waals surface area (Å²) in [5, 5.41) is 0. The summed E-state index contributed by atoms with van der Waals surface area (Å²) >= 11 is 0. The highest BCUT2D eigenvalue weighted by Crippen LogP contribution is 2.28. The molecule has 0 aliphatic heterocycles. The Hall–Kier alpha value is -3.49. The number of hydrogen-bond donors (Lipinski definition) is 1. The molecule has 3 aromatic carbocycles. The summed E-state index contributed by atoms with van der Waals surface area (Å²) in [5.41, 5.74) is 8.54. The molecule has 0 fully saturated rings. The number of benzene rings is 3. The lowest BCUT2D eigenvalue weighted by molar-refractivity contribution is -0.149. The Morgan fingerprint density at radius 1 is 0.794 bits per heavy atom. The molecule has 0 aromatic heterocycles. The average molecular weight is 482 g/mol. The van der Waals surface area contributed by atoms with Gasteiger partial charge in [-0.15, -0.1) is 0 Å². The Labute approximate surface area is 199 Å². The molecular formula is C26H27NO6S. The van der Waals surface area contributed by atoms with E-state index in [4.69, 9.17) is 15.2 Å². The third-order valence-corrected chi connectivity index (χ3v) is 7.53. The lowest BCUT2D eigenvalue weighted by atomic mass is 10.1. The van der Waals surface area contributed by atoms with E-state index in [1.807, 2.05) is 31.2 Å². The summed E-state index contributed by atoms with van der Waals surface area (Å²) in [4.78, 5) is 22.8. The highest BCUT2D eigenvalue weighted by atomic mass is 32.2. The van der Waals surface area contributed by atoms with Crippen LogP contribution in [0.2, 0.25) is 0 Å². The van der Waals surface area contributed by atoms with Gasteiger partial charge in [0.25, 0.3) is 0 Å². The third kappa shape index (κ3) is 6.09. The van der Waals surface area contributed by atoms with Crippen LogP contribution in [-0.2, 0) is 42.1 Å². The highest BCUT2D eigenvalue weighted by Gasteiger charge is 2.49. The lowest BCUT2D eigenvalue weighted by Crippen LogP contribution is -2.55. The molecule has 34 heavy (non-hydrogen) atoms. The highest BCUT2D eigenvalue weighted by molar-refractivity contribution is 7.93. The maximum Gasteiger partial charge on any atom is 0.342 e. The molecule has 0 spiro atoms. The number of aryl methyl sites for hydroxylation is 1. The second-order valence-electron chi connectivity index (χ2n) is 7.91. The Bertz CT molecular complexity index is 1210. The fourth-order valence-corrected chi connectivity index (χ4v) is 4.78. The smallest absolute Gasteiger partial charge is 0.342 e. The van der Waals surface area contributed by atoms with Crippen molar-refractivity contribution in [2.45, 2.75) is 42.7 Å². The van der Waals surface area contributed by atoms with Gasteiger partial charge in [0.1, 0.15) is 13.2 Å². The second-order valence-corrected chi connectivity index (χ2v) is 10.1. The zero-order valence-electron chi connectivity index (χ0n) is 18.8. The van der Waals surface area contributed by atoms with Crippen LogP contribution in [0.1, 0.15) is 29.5 Å². The van der Waals surface area contributed by atoms with Crippen LogP contribution in [0.4, 0.5) is 0 Å². The van der Waals surface area contributed by atoms with E-state index in [1.165, 1.54) is 12.1 Å². The number of ether oxygens (including phenoxy) is 2. The fraction of sp³-hybridized carbons (Fsp3) is 0.231. The van der Waals surface area contributed by atoms with Gasteiger partial charge in [-0.05, 0) is 30.2 Å². The van der Waals surface area contributed by atoms with Gasteiger partial charge in [0.2, 0.25) is 14.7 Å². The number of rotatable bonds is 10. The maximum absolute atomic E-state index is 13.4. The molecule has 3 rings (SSSR count). The van der Waals surface area contributed by atoms with Crippen LogP contribution in [0.15, 0.2) is 89.8 Å². The molecule has 0 aliphatic carbocycles. The number of sulfone groups is 1. The predicted octanol–water partition coefficient (Wildman–Crippen LogP) is 3.69. The van der Waals surface area contributed by atoms with E-state index in [1.54, 1.807) is 48.5 Å². The quantitative estimate of drug-likeness (QED) is 0.439. The molecule has 0 saturated carbocycles. The van der Waals surface area contributed by atoms with Gasteiger partial charge in [0.15, 0.2) is 0 Å². The minimum atomic E-state index is -4.39. The summed E-state index contributed by atoms with van der Waals surface area (Å²) in [7, 11) is -4.39. The number of carbonyl (C=O) groups is 2. The SMILES string of the molecule is Cc1ccc(S(=O)(=O)[C@](N)(CCC(=O)OCc2ccccc2)C(=O)OCc2ccccc2)cc1. The van der Waals surface area contributed by atoms with E-state index in [0.717, 1.165) is 11.1 Å². The van der Waals surface area contributed by atoms with E-state index < -0.39 is 33.1 Å². The summed E-state index contributed by atoms with van der Waals surface area (Å²) in [6, 6.07) is 23.8. The summed E-state index contributed by atoms with van der Waals surface area (Å²) in [6.07, 6.45) is -0.876. The van der Waals surface area contributed by atoms with Crippen molar-refractivity contribution in [3.05, 3.63) is 102 Å². The Morgan fingerprint density at radius 2 is 1.29 bits per heavy atom. The first-order valence-corrected chi connectivity index (χ1v) is 12.2. The zero-order valence-corrected chi connectivity index (χ0v) is 19.7. The van der Waals surface area contributed by atoms with Gasteiger partial charge in [-0.25, -0.2) is 13.2 Å². The van der Waals surface area contributed by atoms with E-state index in [0.29, 0.717) is 5.56 Å². The molecular weight excluding hydrogens is 454 g/mol. The fourth-order valence-electron chi connectivity index (χ4n) is 3.22. The van der Waals surface area contributed by atoms with E-state index in [2.05, 4.69) is 0 Å². The maximum atomic E-state index is 13.4. The normalized spacial score (nSPS) is 13.0. The van der Waals surface area contributed by atoms with Gasteiger partial charge in [-0.3, -0.25) is 4.79 Å². The van der Waals surface area contributed by atoms with Crippen LogP contribution in [0.3, 0.4) is 0 Å². The summed E-state index contributed by atoms with van der Waals surface area (Å²) in [5.74, 6) is -1.80. The van der Waals surface area contributed by atoms with Gasteiger partial charge >= 0.3 is 11.9 Å². The molecule has 0 bridgehead atoms. The van der Waals surface area contributed by atoms with Crippen LogP contribution >= 0.6 is 0 Å². The van der Waals surface area contributed by atoms with Gasteiger partial charge in [0, 0.05) is 12.8 Å². The van der Waals surface area contributed by atoms with Crippen molar-refractivity contribution >= 4 is 21.8 Å². The van der Waals surface area contributed by atoms with E-state index in [-0.39, 0.29) is 24.5 Å². The molecule has 2 N–H and O–H groups in total. The van der Waals surface area contributed by atoms with E-state index >= 15 is 0 Å². The minimum absolute atomic E-state index is 0.0282. The van der Waals surface area contributed by atoms with Gasteiger partial charge in [0.05, 0.1) is 4.90 Å². The topological polar surface area (TPSA) is 113 Å². The molecule has 178 valence electrons. The number of hydrogen-bond acceptors (Lipinski definition) is 7. The Kier molecular flexibility index (Phi) is 8.20. The summed E-state index contributed by atoms with van der Waals surface area (Å²) < 4.78 is 37.4. The van der Waals surface area contributed by atoms with Crippen molar-refractivity contribution < 1.29 is 27.5 Å². The molecule has 0 unspecified atom stereocenters. The standard InChI is InChI=1S/C26H27NO6S/c1-20-12-14-23(15-13-20)34(30,31)26(27,25(29)33-19-22-10-6-3-7-11-22)17-16-24(28)32-18-21-8-4-2-5-9-21/h2-15H,16-19,27H2,1H3/t26-/m1/s1. The molecule has 1 atom stereocenters. The lowest BCUT2D eigenvalue weighted by Gasteiger charge is -2.27. The van der Waals surface area contributed by atoms with Crippen molar-refractivity contribution in [1.82, 2.24) is 0 Å². The van der Waals surface area contributed by atoms with Crippen LogP contribution < -0.4 is 5.73 Å². The molecule has 0 aliphatic rings. The zero-order chi connectivity index (χ0) is 24.6. The number of carbonyl (C=O) groups excluding carboxylic acids is 2. The molecule has 3 aromatic rings. The van der Waals surface area contributed by atoms with Crippen molar-refractivity contribution in [2.75, 3.05) is 0 Å². The van der Waals surface area contributed by atoms with Crippen molar-refractivity contribution in [1.29, 1.82) is 0 Å². The monoisotopic (exact) mass is 481 g/mol. The van der Waals surface area contributed by atoms with Gasteiger partial charge in [-0.2, -0.15) is 0 Å². The Balaban J connectivity index is 1.78. The van der Waals surface area contributed by atoms with Crippen LogP contribution in [0.5, 0.6) is 0 Å². The van der Waals surface area contributed by atoms with Crippen molar-refractivity contribution in [3.63, 3.8) is 0 Å². The average Bonchev–Trinajstić information content (AvgIpc) is 2.86. The molecule has 7 nitrogen and oxygen atoms in total. The van der Waals surface area contributed by atoms with Gasteiger partial charge in [-0.1, -0.05) is 78.4 Å². The first-order chi connectivity index (χ1) is 16.2. The molecule has 8 heteroatoms. The largest absolute Gasteiger partial charge is 0.461 e. The first kappa shape index (κ1) is 25.1. The molecule has 0 radical (unpaired) electrons. The molecule has 0 heterocycles. The first-order valence-electron chi connectivity index (χ1n) is 10.7. The van der Waals surface area contributed by atoms with Crippen molar-refractivity contribution in [2.24, 2.45) is 5.73 Å².